The fourth-order valence-electron chi connectivity index (χ4n) is 1.50. The van der Waals surface area contributed by atoms with Gasteiger partial charge in [0.1, 0.15) is 0 Å². The first-order valence-electron chi connectivity index (χ1n) is 5.52. The molecule has 0 unspecified atom stereocenters. The molecule has 0 N–H and O–H groups in total. The van der Waals surface area contributed by atoms with Gasteiger partial charge in [-0.1, -0.05) is 0 Å². The van der Waals surface area contributed by atoms with E-state index in [1.54, 1.807) is 0 Å². The van der Waals surface area contributed by atoms with Gasteiger partial charge in [-0.15, -0.1) is 0 Å². The number of halogens is 1. The summed E-state index contributed by atoms with van der Waals surface area (Å²) in [5, 5.41) is 0. The Hall–Kier alpha value is 0.300. The number of hydrogen-bond donors (Lipinski definition) is 0. The Morgan fingerprint density at radius 2 is 1.25 bits per heavy atom. The van der Waals surface area contributed by atoms with Crippen LogP contribution in [0.15, 0.2) is 24.3 Å². The van der Waals surface area contributed by atoms with Crippen LogP contribution in [0.1, 0.15) is 38.8 Å². The van der Waals surface area contributed by atoms with Crippen LogP contribution >= 0.6 is 19.8 Å². The van der Waals surface area contributed by atoms with Crippen LogP contribution in [0.4, 0.5) is 0 Å². The zero-order valence-electron chi connectivity index (χ0n) is 11.2. The van der Waals surface area contributed by atoms with Gasteiger partial charge >= 0.3 is 114 Å². The molecular formula is C14H24IS+. The van der Waals surface area contributed by atoms with Crippen molar-refractivity contribution in [3.05, 3.63) is 35.4 Å². The van der Waals surface area contributed by atoms with Crippen molar-refractivity contribution in [3.63, 3.8) is 0 Å². The van der Waals surface area contributed by atoms with Crippen molar-refractivity contribution in [3.8, 4) is 0 Å². The number of hydrogen-bond acceptors (Lipinski definition) is 0. The van der Waals surface area contributed by atoms with Crippen LogP contribution in [0.2, 0.25) is 0 Å². The predicted octanol–water partition coefficient (Wildman–Crippen LogP) is 3.93. The van der Waals surface area contributed by atoms with Gasteiger partial charge in [0.25, 0.3) is 0 Å². The van der Waals surface area contributed by atoms with Crippen LogP contribution in [-0.4, -0.2) is 9.86 Å². The van der Waals surface area contributed by atoms with E-state index in [9.17, 15) is 0 Å². The summed E-state index contributed by atoms with van der Waals surface area (Å²) < 4.78 is 0.470. The van der Waals surface area contributed by atoms with Gasteiger partial charge in [-0.25, -0.2) is 0 Å². The summed E-state index contributed by atoms with van der Waals surface area (Å²) in [6.45, 7) is 9.13. The minimum absolute atomic E-state index is 0.0688. The second-order valence-corrected chi connectivity index (χ2v) is 13.7. The summed E-state index contributed by atoms with van der Waals surface area (Å²) in [4.78, 5) is 4.87. The van der Waals surface area contributed by atoms with Crippen LogP contribution in [-0.2, 0) is 20.8 Å². The van der Waals surface area contributed by atoms with Gasteiger partial charge in [-0.05, 0) is 0 Å². The van der Waals surface area contributed by atoms with Crippen LogP contribution in [0.5, 0.6) is 0 Å². The van der Waals surface area contributed by atoms with E-state index in [-0.39, 0.29) is 4.75 Å². The molecule has 0 radical (unpaired) electrons. The average Bonchev–Trinajstić information content (AvgIpc) is 2.16. The molecule has 0 heterocycles. The van der Waals surface area contributed by atoms with Crippen molar-refractivity contribution in [2.24, 2.45) is 0 Å². The molecule has 0 atom stereocenters. The summed E-state index contributed by atoms with van der Waals surface area (Å²) in [5.74, 6) is 0. The molecule has 0 saturated carbocycles. The maximum absolute atomic E-state index is 3.75. The first-order chi connectivity index (χ1) is 7.15. The van der Waals surface area contributed by atoms with E-state index in [1.807, 2.05) is 0 Å². The van der Waals surface area contributed by atoms with Crippen LogP contribution in [0, 0.1) is 0 Å². The van der Waals surface area contributed by atoms with E-state index in [2.05, 4.69) is 74.5 Å². The molecule has 1 aromatic carbocycles. The first kappa shape index (κ1) is 14.4. The molecule has 1 aromatic rings. The molecule has 1 rings (SSSR count). The van der Waals surface area contributed by atoms with Gasteiger partial charge in [0.15, 0.2) is 0 Å². The van der Waals surface area contributed by atoms with Crippen molar-refractivity contribution in [1.82, 2.24) is 0 Å². The Labute approximate surface area is 113 Å². The van der Waals surface area contributed by atoms with E-state index in [1.165, 1.54) is 11.1 Å². The van der Waals surface area contributed by atoms with Gasteiger partial charge in [-0.2, -0.15) is 0 Å². The van der Waals surface area contributed by atoms with Crippen LogP contribution in [0.25, 0.3) is 0 Å². The van der Waals surface area contributed by atoms with Gasteiger partial charge in [0.2, 0.25) is 0 Å². The zero-order chi connectivity index (χ0) is 12.6. The topological polar surface area (TPSA) is 0 Å². The molecular weight excluding hydrogens is 327 g/mol. The Balaban J connectivity index is 3.05. The van der Waals surface area contributed by atoms with Crippen molar-refractivity contribution >= 4 is 32.4 Å². The Kier molecular flexibility index (Phi) is 4.39. The van der Waals surface area contributed by atoms with Crippen molar-refractivity contribution in [1.29, 1.82) is 0 Å². The van der Waals surface area contributed by atoms with Gasteiger partial charge in [-0.3, -0.25) is 0 Å². The van der Waals surface area contributed by atoms with E-state index in [0.29, 0.717) is 3.42 Å². The molecule has 0 saturated heterocycles. The summed E-state index contributed by atoms with van der Waals surface area (Å²) in [5.41, 5.74) is 2.83. The minimum atomic E-state index is -0.846. The summed E-state index contributed by atoms with van der Waals surface area (Å²) in [6, 6.07) is 9.11. The van der Waals surface area contributed by atoms with E-state index < -0.39 is 19.8 Å². The number of benzene rings is 1. The monoisotopic (exact) mass is 351 g/mol. The Bertz CT molecular complexity index is 344. The number of alkyl halides is 3. The Morgan fingerprint density at radius 3 is 1.56 bits per heavy atom. The maximum atomic E-state index is 3.75. The molecule has 92 valence electrons. The predicted molar refractivity (Wildman–Crippen MR) is 88.5 cm³/mol. The second kappa shape index (κ2) is 4.89. The van der Waals surface area contributed by atoms with Crippen LogP contribution in [0.3, 0.4) is 0 Å². The molecule has 0 fully saturated rings. The first-order valence-corrected chi connectivity index (χ1v) is 11.4. The summed E-state index contributed by atoms with van der Waals surface area (Å²) in [7, 11) is 0. The van der Waals surface area contributed by atoms with Crippen molar-refractivity contribution in [2.75, 3.05) is 9.86 Å². The van der Waals surface area contributed by atoms with Crippen LogP contribution < -0.4 is 0 Å². The van der Waals surface area contributed by atoms with Gasteiger partial charge < -0.3 is 0 Å². The normalized spacial score (nSPS) is 13.8. The quantitative estimate of drug-likeness (QED) is 0.440. The average molecular weight is 351 g/mol. The molecule has 2 heteroatoms. The van der Waals surface area contributed by atoms with Gasteiger partial charge in [0, 0.05) is 0 Å². The summed E-state index contributed by atoms with van der Waals surface area (Å²) in [6.07, 6.45) is 0. The molecule has 0 amide bonds. The molecule has 0 aliphatic heterocycles. The molecule has 0 spiro atoms. The molecule has 16 heavy (non-hydrogen) atoms. The SMILES string of the molecule is CI(C)C(C)(C)c1ccc(C(C)(C)[SH2+])cc1. The van der Waals surface area contributed by atoms with Crippen molar-refractivity contribution < 1.29 is 0 Å². The molecule has 0 nitrogen and oxygen atoms in total. The number of rotatable bonds is 3. The zero-order valence-corrected chi connectivity index (χ0v) is 14.3. The van der Waals surface area contributed by atoms with E-state index in [4.69, 9.17) is 0 Å². The van der Waals surface area contributed by atoms with E-state index >= 15 is 0 Å². The fraction of sp³-hybridized carbons (Fsp3) is 0.571. The molecule has 0 aliphatic carbocycles. The fourth-order valence-corrected chi connectivity index (χ4v) is 3.27. The third-order valence-corrected chi connectivity index (χ3v) is 9.54. The molecule has 0 aromatic heterocycles. The third-order valence-electron chi connectivity index (χ3n) is 3.24. The molecule has 0 bridgehead atoms. The third kappa shape index (κ3) is 3.16. The second-order valence-electron chi connectivity index (χ2n) is 5.43. The Morgan fingerprint density at radius 1 is 0.875 bits per heavy atom. The summed E-state index contributed by atoms with van der Waals surface area (Å²) >= 11 is 2.91. The van der Waals surface area contributed by atoms with Crippen molar-refractivity contribution in [2.45, 2.75) is 35.9 Å². The molecule has 0 aliphatic rings. The standard InChI is InChI=1S/C14H23IS/c1-13(2,15(5)6)11-7-9-12(10-8-11)14(3,4)16/h7-10,16H,1-6H3/p+1. The van der Waals surface area contributed by atoms with E-state index in [0.717, 1.165) is 0 Å². The van der Waals surface area contributed by atoms with Gasteiger partial charge in [0.05, 0.1) is 0 Å².